The highest BCUT2D eigenvalue weighted by Crippen LogP contribution is 2.22. The standard InChI is InChI=1S/C28H24N6O4S2/c1-19-15-17-29-27(30-19)33-40(37,38)22-13-11-20(12-14-22)31-25(35)16-18-39-28-32-24-10-6-5-9-23(24)26(36)34(28)21-7-3-2-4-8-21/h2-15,17H,16,18H2,1H3,(H,31,35)(H,29,30,33). The number of hydrogen-bond donors (Lipinski definition) is 2. The lowest BCUT2D eigenvalue weighted by atomic mass is 10.2. The highest BCUT2D eigenvalue weighted by Gasteiger charge is 2.17. The molecule has 5 rings (SSSR count). The average molecular weight is 573 g/mol. The van der Waals surface area contributed by atoms with Crippen LogP contribution in [0.25, 0.3) is 16.6 Å². The van der Waals surface area contributed by atoms with Crippen molar-refractivity contribution in [3.05, 3.63) is 107 Å². The second-order valence-electron chi connectivity index (χ2n) is 8.69. The van der Waals surface area contributed by atoms with Crippen molar-refractivity contribution >= 4 is 50.2 Å². The number of nitrogens with one attached hydrogen (secondary N) is 2. The van der Waals surface area contributed by atoms with Gasteiger partial charge in [0.2, 0.25) is 11.9 Å². The van der Waals surface area contributed by atoms with Crippen molar-refractivity contribution in [3.63, 3.8) is 0 Å². The van der Waals surface area contributed by atoms with Gasteiger partial charge in [0.15, 0.2) is 5.16 Å². The Balaban J connectivity index is 1.24. The zero-order chi connectivity index (χ0) is 28.1. The largest absolute Gasteiger partial charge is 0.326 e. The van der Waals surface area contributed by atoms with Gasteiger partial charge in [-0.25, -0.2) is 28.1 Å². The highest BCUT2D eigenvalue weighted by molar-refractivity contribution is 7.99. The molecule has 0 aliphatic heterocycles. The number of anilines is 2. The van der Waals surface area contributed by atoms with Gasteiger partial charge < -0.3 is 5.32 Å². The van der Waals surface area contributed by atoms with E-state index in [9.17, 15) is 18.0 Å². The van der Waals surface area contributed by atoms with E-state index in [1.807, 2.05) is 36.4 Å². The van der Waals surface area contributed by atoms with E-state index in [0.29, 0.717) is 38.9 Å². The predicted octanol–water partition coefficient (Wildman–Crippen LogP) is 4.41. The van der Waals surface area contributed by atoms with E-state index in [4.69, 9.17) is 0 Å². The smallest absolute Gasteiger partial charge is 0.266 e. The minimum Gasteiger partial charge on any atom is -0.326 e. The fourth-order valence-corrected chi connectivity index (χ4v) is 5.77. The molecular weight excluding hydrogens is 548 g/mol. The molecular formula is C28H24N6O4S2. The first-order valence-corrected chi connectivity index (χ1v) is 14.7. The molecule has 12 heteroatoms. The minimum atomic E-state index is -3.89. The predicted molar refractivity (Wildman–Crippen MR) is 155 cm³/mol. The number of amides is 1. The van der Waals surface area contributed by atoms with Crippen LogP contribution in [0.5, 0.6) is 0 Å². The van der Waals surface area contributed by atoms with Gasteiger partial charge in [0.1, 0.15) is 0 Å². The van der Waals surface area contributed by atoms with Crippen LogP contribution >= 0.6 is 11.8 Å². The van der Waals surface area contributed by atoms with Crippen molar-refractivity contribution in [3.8, 4) is 5.69 Å². The maximum Gasteiger partial charge on any atom is 0.266 e. The lowest BCUT2D eigenvalue weighted by molar-refractivity contribution is -0.115. The Kier molecular flexibility index (Phi) is 7.89. The van der Waals surface area contributed by atoms with E-state index < -0.39 is 10.0 Å². The number of thioether (sulfide) groups is 1. The third-order valence-corrected chi connectivity index (χ3v) is 8.07. The Bertz CT molecular complexity index is 1840. The molecule has 0 radical (unpaired) electrons. The van der Waals surface area contributed by atoms with Crippen LogP contribution in [-0.4, -0.2) is 39.6 Å². The topological polar surface area (TPSA) is 136 Å². The van der Waals surface area contributed by atoms with Crippen molar-refractivity contribution in [1.29, 1.82) is 0 Å². The molecule has 202 valence electrons. The van der Waals surface area contributed by atoms with Crippen LogP contribution in [0.1, 0.15) is 12.1 Å². The van der Waals surface area contributed by atoms with Crippen molar-refractivity contribution in [2.24, 2.45) is 0 Å². The lowest BCUT2D eigenvalue weighted by Crippen LogP contribution is -2.22. The summed E-state index contributed by atoms with van der Waals surface area (Å²) in [6.45, 7) is 1.73. The molecule has 0 atom stereocenters. The minimum absolute atomic E-state index is 0.00687. The first kappa shape index (κ1) is 27.0. The molecule has 3 aromatic carbocycles. The van der Waals surface area contributed by atoms with Gasteiger partial charge in [0, 0.05) is 29.8 Å². The quantitative estimate of drug-likeness (QED) is 0.196. The van der Waals surface area contributed by atoms with Crippen molar-refractivity contribution in [1.82, 2.24) is 19.5 Å². The summed E-state index contributed by atoms with van der Waals surface area (Å²) in [5, 5.41) is 3.77. The number of sulfonamides is 1. The number of rotatable bonds is 9. The molecule has 0 spiro atoms. The number of benzene rings is 3. The Hall–Kier alpha value is -4.55. The van der Waals surface area contributed by atoms with Gasteiger partial charge in [0.25, 0.3) is 15.6 Å². The molecule has 2 N–H and O–H groups in total. The number of aromatic nitrogens is 4. The summed E-state index contributed by atoms with van der Waals surface area (Å²) in [6.07, 6.45) is 1.61. The summed E-state index contributed by atoms with van der Waals surface area (Å²) in [5.41, 5.74) is 2.18. The van der Waals surface area contributed by atoms with E-state index in [1.165, 1.54) is 42.2 Å². The molecule has 0 unspecified atom stereocenters. The number of nitrogens with zero attached hydrogens (tertiary/aromatic N) is 4. The maximum absolute atomic E-state index is 13.3. The van der Waals surface area contributed by atoms with Crippen LogP contribution in [0, 0.1) is 6.92 Å². The number of para-hydroxylation sites is 2. The van der Waals surface area contributed by atoms with Gasteiger partial charge in [0.05, 0.1) is 21.5 Å². The van der Waals surface area contributed by atoms with Crippen molar-refractivity contribution < 1.29 is 13.2 Å². The fourth-order valence-electron chi connectivity index (χ4n) is 3.87. The van der Waals surface area contributed by atoms with Crippen LogP contribution in [0.3, 0.4) is 0 Å². The third kappa shape index (κ3) is 6.19. The van der Waals surface area contributed by atoms with Gasteiger partial charge in [-0.05, 0) is 61.5 Å². The molecule has 2 heterocycles. The van der Waals surface area contributed by atoms with Gasteiger partial charge in [-0.3, -0.25) is 14.2 Å². The van der Waals surface area contributed by atoms with Crippen LogP contribution in [0.2, 0.25) is 0 Å². The SMILES string of the molecule is Cc1ccnc(NS(=O)(=O)c2ccc(NC(=O)CCSc3nc4ccccc4c(=O)n3-c3ccccc3)cc2)n1. The summed E-state index contributed by atoms with van der Waals surface area (Å²) in [6, 6.07) is 23.9. The third-order valence-electron chi connectivity index (χ3n) is 5.79. The molecule has 10 nitrogen and oxygen atoms in total. The maximum atomic E-state index is 13.3. The van der Waals surface area contributed by atoms with E-state index in [2.05, 4.69) is 25.0 Å². The molecule has 0 aliphatic carbocycles. The van der Waals surface area contributed by atoms with E-state index in [0.717, 1.165) is 0 Å². The van der Waals surface area contributed by atoms with Crippen LogP contribution in [-0.2, 0) is 14.8 Å². The number of aryl methyl sites for hydroxylation is 1. The number of hydrogen-bond acceptors (Lipinski definition) is 8. The average Bonchev–Trinajstić information content (AvgIpc) is 2.94. The molecule has 1 amide bonds. The molecule has 0 bridgehead atoms. The number of carbonyl (C=O) groups excluding carboxylic acids is 1. The van der Waals surface area contributed by atoms with E-state index >= 15 is 0 Å². The number of fused-ring (bicyclic) bond motifs is 1. The zero-order valence-electron chi connectivity index (χ0n) is 21.3. The second-order valence-corrected chi connectivity index (χ2v) is 11.4. The van der Waals surface area contributed by atoms with Gasteiger partial charge in [-0.2, -0.15) is 0 Å². The van der Waals surface area contributed by atoms with Crippen molar-refractivity contribution in [2.45, 2.75) is 23.4 Å². The Morgan fingerprint density at radius 2 is 1.65 bits per heavy atom. The van der Waals surface area contributed by atoms with Crippen LogP contribution in [0.15, 0.2) is 106 Å². The zero-order valence-corrected chi connectivity index (χ0v) is 22.9. The van der Waals surface area contributed by atoms with Gasteiger partial charge in [-0.1, -0.05) is 42.1 Å². The van der Waals surface area contributed by atoms with E-state index in [-0.39, 0.29) is 28.7 Å². The molecule has 2 aromatic heterocycles. The summed E-state index contributed by atoms with van der Waals surface area (Å²) >= 11 is 1.31. The van der Waals surface area contributed by atoms with Crippen molar-refractivity contribution in [2.75, 3.05) is 15.8 Å². The van der Waals surface area contributed by atoms with Crippen LogP contribution < -0.4 is 15.6 Å². The highest BCUT2D eigenvalue weighted by atomic mass is 32.2. The second kappa shape index (κ2) is 11.7. The molecule has 5 aromatic rings. The molecule has 0 saturated carbocycles. The molecule has 40 heavy (non-hydrogen) atoms. The van der Waals surface area contributed by atoms with Gasteiger partial charge >= 0.3 is 0 Å². The van der Waals surface area contributed by atoms with E-state index in [1.54, 1.807) is 35.8 Å². The molecule has 0 fully saturated rings. The van der Waals surface area contributed by atoms with Gasteiger partial charge in [-0.15, -0.1) is 0 Å². The Labute approximate surface area is 234 Å². The Morgan fingerprint density at radius 3 is 2.40 bits per heavy atom. The lowest BCUT2D eigenvalue weighted by Gasteiger charge is -2.13. The Morgan fingerprint density at radius 1 is 0.925 bits per heavy atom. The van der Waals surface area contributed by atoms with Crippen LogP contribution in [0.4, 0.5) is 11.6 Å². The molecule has 0 aliphatic rings. The number of carbonyl (C=O) groups is 1. The first-order valence-electron chi connectivity index (χ1n) is 12.2. The summed E-state index contributed by atoms with van der Waals surface area (Å²) in [7, 11) is -3.89. The normalized spacial score (nSPS) is 11.3. The molecule has 0 saturated heterocycles. The first-order chi connectivity index (χ1) is 19.3. The summed E-state index contributed by atoms with van der Waals surface area (Å²) in [4.78, 5) is 38.6. The monoisotopic (exact) mass is 572 g/mol. The summed E-state index contributed by atoms with van der Waals surface area (Å²) < 4.78 is 29.2. The fraction of sp³-hybridized carbons (Fsp3) is 0.107. The summed E-state index contributed by atoms with van der Waals surface area (Å²) in [5.74, 6) is 0.0910.